The average Bonchev–Trinajstić information content (AvgIpc) is 2.81. The lowest BCUT2D eigenvalue weighted by Gasteiger charge is -2.19. The fraction of sp³-hybridized carbons (Fsp3) is 0.368. The van der Waals surface area contributed by atoms with Crippen molar-refractivity contribution in [2.75, 3.05) is 0 Å². The van der Waals surface area contributed by atoms with Crippen molar-refractivity contribution in [1.82, 2.24) is 9.88 Å². The van der Waals surface area contributed by atoms with Gasteiger partial charge in [0.1, 0.15) is 0 Å². The Bertz CT molecular complexity index is 735. The van der Waals surface area contributed by atoms with Gasteiger partial charge >= 0.3 is 5.97 Å². The van der Waals surface area contributed by atoms with Crippen molar-refractivity contribution in [3.05, 3.63) is 58.9 Å². The van der Waals surface area contributed by atoms with Crippen molar-refractivity contribution in [1.29, 1.82) is 0 Å². The van der Waals surface area contributed by atoms with Crippen LogP contribution in [-0.4, -0.2) is 27.6 Å². The highest BCUT2D eigenvalue weighted by atomic mass is 16.4. The van der Waals surface area contributed by atoms with Crippen LogP contribution in [0.1, 0.15) is 53.6 Å². The van der Waals surface area contributed by atoms with E-state index in [1.54, 1.807) is 6.92 Å². The zero-order chi connectivity index (χ0) is 17.9. The number of carbonyl (C=O) groups excluding carboxylic acids is 1. The Kier molecular flexibility index (Phi) is 5.44. The molecular formula is C19H24N2O3. The monoisotopic (exact) mass is 328 g/mol. The third kappa shape index (κ3) is 3.85. The van der Waals surface area contributed by atoms with Crippen LogP contribution in [0.15, 0.2) is 36.4 Å². The number of benzene rings is 1. The maximum atomic E-state index is 12.5. The Hall–Kier alpha value is -2.56. The van der Waals surface area contributed by atoms with Gasteiger partial charge in [-0.3, -0.25) is 9.59 Å². The van der Waals surface area contributed by atoms with E-state index >= 15 is 0 Å². The van der Waals surface area contributed by atoms with Gasteiger partial charge in [0.05, 0.1) is 18.0 Å². The number of aromatic nitrogens is 1. The van der Waals surface area contributed by atoms with Crippen LogP contribution in [0.25, 0.3) is 0 Å². The van der Waals surface area contributed by atoms with Crippen molar-refractivity contribution in [2.24, 2.45) is 0 Å². The van der Waals surface area contributed by atoms with E-state index in [1.807, 2.05) is 38.1 Å². The molecule has 1 aromatic carbocycles. The molecule has 5 nitrogen and oxygen atoms in total. The number of carbonyl (C=O) groups is 2. The standard InChI is InChI=1S/C19H24N2O3/c1-12(10-18(22)23)20-19(24)17-11-13(2)21(15(17)4)14(3)16-8-6-5-7-9-16/h5-9,11-12,14H,10H2,1-4H3,(H,20,24)(H,22,23). The highest BCUT2D eigenvalue weighted by molar-refractivity contribution is 5.96. The van der Waals surface area contributed by atoms with Gasteiger partial charge in [-0.05, 0) is 39.3 Å². The molecule has 0 bridgehead atoms. The second-order valence-corrected chi connectivity index (χ2v) is 6.21. The maximum absolute atomic E-state index is 12.5. The Labute approximate surface area is 142 Å². The number of aliphatic carboxylic acids is 1. The SMILES string of the molecule is Cc1cc(C(=O)NC(C)CC(=O)O)c(C)n1C(C)c1ccccc1. The zero-order valence-corrected chi connectivity index (χ0v) is 14.5. The summed E-state index contributed by atoms with van der Waals surface area (Å²) in [6, 6.07) is 11.7. The van der Waals surface area contributed by atoms with Crippen LogP contribution in [0, 0.1) is 13.8 Å². The van der Waals surface area contributed by atoms with E-state index in [0.29, 0.717) is 5.56 Å². The van der Waals surface area contributed by atoms with Crippen molar-refractivity contribution in [2.45, 2.75) is 46.2 Å². The van der Waals surface area contributed by atoms with Crippen LogP contribution in [0.4, 0.5) is 0 Å². The molecule has 2 N–H and O–H groups in total. The van der Waals surface area contributed by atoms with Crippen molar-refractivity contribution in [3.63, 3.8) is 0 Å². The lowest BCUT2D eigenvalue weighted by atomic mass is 10.1. The minimum atomic E-state index is -0.925. The first kappa shape index (κ1) is 17.8. The summed E-state index contributed by atoms with van der Waals surface area (Å²) in [5.74, 6) is -1.16. The normalized spacial score (nSPS) is 13.3. The molecule has 2 atom stereocenters. The van der Waals surface area contributed by atoms with E-state index in [1.165, 1.54) is 5.56 Å². The molecule has 0 radical (unpaired) electrons. The van der Waals surface area contributed by atoms with Crippen molar-refractivity contribution in [3.8, 4) is 0 Å². The molecule has 0 aliphatic heterocycles. The van der Waals surface area contributed by atoms with Gasteiger partial charge in [-0.2, -0.15) is 0 Å². The molecule has 2 rings (SSSR count). The van der Waals surface area contributed by atoms with Gasteiger partial charge in [-0.1, -0.05) is 30.3 Å². The topological polar surface area (TPSA) is 71.3 Å². The van der Waals surface area contributed by atoms with Crippen LogP contribution in [0.5, 0.6) is 0 Å². The number of nitrogens with one attached hydrogen (secondary N) is 1. The molecule has 0 aliphatic carbocycles. The summed E-state index contributed by atoms with van der Waals surface area (Å²) in [5, 5.41) is 11.6. The molecule has 0 saturated carbocycles. The Morgan fingerprint density at radius 3 is 2.38 bits per heavy atom. The van der Waals surface area contributed by atoms with Crippen LogP contribution < -0.4 is 5.32 Å². The van der Waals surface area contributed by atoms with Crippen LogP contribution in [0.2, 0.25) is 0 Å². The summed E-state index contributed by atoms with van der Waals surface area (Å²) in [4.78, 5) is 23.2. The third-order valence-corrected chi connectivity index (χ3v) is 4.26. The second-order valence-electron chi connectivity index (χ2n) is 6.21. The van der Waals surface area contributed by atoms with E-state index in [9.17, 15) is 9.59 Å². The van der Waals surface area contributed by atoms with Gasteiger partial charge in [0.25, 0.3) is 5.91 Å². The number of carboxylic acids is 1. The number of hydrogen-bond acceptors (Lipinski definition) is 2. The first-order valence-electron chi connectivity index (χ1n) is 8.07. The second kappa shape index (κ2) is 7.34. The molecule has 2 unspecified atom stereocenters. The predicted molar refractivity (Wildman–Crippen MR) is 93.3 cm³/mol. The summed E-state index contributed by atoms with van der Waals surface area (Å²) < 4.78 is 2.13. The van der Waals surface area contributed by atoms with E-state index in [0.717, 1.165) is 11.4 Å². The summed E-state index contributed by atoms with van der Waals surface area (Å²) >= 11 is 0. The average molecular weight is 328 g/mol. The van der Waals surface area contributed by atoms with Gasteiger partial charge in [-0.15, -0.1) is 0 Å². The lowest BCUT2D eigenvalue weighted by Crippen LogP contribution is -2.34. The minimum Gasteiger partial charge on any atom is -0.481 e. The smallest absolute Gasteiger partial charge is 0.305 e. The summed E-state index contributed by atoms with van der Waals surface area (Å²) in [5.41, 5.74) is 3.64. The van der Waals surface area contributed by atoms with Gasteiger partial charge in [0, 0.05) is 17.4 Å². The van der Waals surface area contributed by atoms with Crippen LogP contribution >= 0.6 is 0 Å². The van der Waals surface area contributed by atoms with Crippen LogP contribution in [0.3, 0.4) is 0 Å². The summed E-state index contributed by atoms with van der Waals surface area (Å²) in [6.45, 7) is 7.69. The maximum Gasteiger partial charge on any atom is 0.305 e. The third-order valence-electron chi connectivity index (χ3n) is 4.26. The molecule has 1 amide bonds. The molecule has 0 spiro atoms. The number of hydrogen-bond donors (Lipinski definition) is 2. The fourth-order valence-electron chi connectivity index (χ4n) is 3.10. The molecule has 5 heteroatoms. The molecular weight excluding hydrogens is 304 g/mol. The van der Waals surface area contributed by atoms with Crippen LogP contribution in [-0.2, 0) is 4.79 Å². The number of nitrogens with zero attached hydrogens (tertiary/aromatic N) is 1. The van der Waals surface area contributed by atoms with Gasteiger partial charge in [0.15, 0.2) is 0 Å². The highest BCUT2D eigenvalue weighted by Crippen LogP contribution is 2.25. The molecule has 2 aromatic rings. The summed E-state index contributed by atoms with van der Waals surface area (Å²) in [7, 11) is 0. The first-order valence-corrected chi connectivity index (χ1v) is 8.07. The highest BCUT2D eigenvalue weighted by Gasteiger charge is 2.21. The lowest BCUT2D eigenvalue weighted by molar-refractivity contribution is -0.137. The van der Waals surface area contributed by atoms with Crippen molar-refractivity contribution < 1.29 is 14.7 Å². The quantitative estimate of drug-likeness (QED) is 0.854. The van der Waals surface area contributed by atoms with E-state index in [2.05, 4.69) is 28.9 Å². The molecule has 0 aliphatic rings. The first-order chi connectivity index (χ1) is 11.3. The largest absolute Gasteiger partial charge is 0.481 e. The van der Waals surface area contributed by atoms with Gasteiger partial charge < -0.3 is 15.0 Å². The fourth-order valence-corrected chi connectivity index (χ4v) is 3.10. The van der Waals surface area contributed by atoms with E-state index in [4.69, 9.17) is 5.11 Å². The zero-order valence-electron chi connectivity index (χ0n) is 14.5. The number of aryl methyl sites for hydroxylation is 1. The number of carboxylic acid groups (broad SMARTS) is 1. The van der Waals surface area contributed by atoms with Gasteiger partial charge in [-0.25, -0.2) is 0 Å². The molecule has 0 saturated heterocycles. The Balaban J connectivity index is 2.25. The van der Waals surface area contributed by atoms with E-state index in [-0.39, 0.29) is 18.4 Å². The Morgan fingerprint density at radius 1 is 1.17 bits per heavy atom. The summed E-state index contributed by atoms with van der Waals surface area (Å²) in [6.07, 6.45) is -0.0924. The molecule has 0 fully saturated rings. The molecule has 1 heterocycles. The molecule has 128 valence electrons. The predicted octanol–water partition coefficient (Wildman–Crippen LogP) is 3.31. The van der Waals surface area contributed by atoms with Crippen molar-refractivity contribution >= 4 is 11.9 Å². The Morgan fingerprint density at radius 2 is 1.79 bits per heavy atom. The van der Waals surface area contributed by atoms with E-state index < -0.39 is 12.0 Å². The molecule has 1 aromatic heterocycles. The number of amides is 1. The number of rotatable bonds is 6. The van der Waals surface area contributed by atoms with Gasteiger partial charge in [0.2, 0.25) is 0 Å². The minimum absolute atomic E-state index is 0.0924. The molecule has 24 heavy (non-hydrogen) atoms.